The molecule has 104 valence electrons. The molecule has 0 saturated heterocycles. The van der Waals surface area contributed by atoms with Crippen molar-refractivity contribution in [1.82, 2.24) is 0 Å². The smallest absolute Gasteiger partial charge is 0.270 e. The normalized spacial score (nSPS) is 10.3. The Balaban J connectivity index is 2.38. The van der Waals surface area contributed by atoms with Crippen molar-refractivity contribution in [1.29, 1.82) is 0 Å². The van der Waals surface area contributed by atoms with Gasteiger partial charge in [0, 0.05) is 23.0 Å². The average Bonchev–Trinajstić information content (AvgIpc) is 2.44. The second-order valence-electron chi connectivity index (χ2n) is 3.84. The van der Waals surface area contributed by atoms with E-state index in [1.165, 1.54) is 30.3 Å². The Hall–Kier alpha value is -2.02. The Bertz CT molecular complexity index is 664. The number of hydrogen-bond donors (Lipinski definition) is 0. The van der Waals surface area contributed by atoms with Gasteiger partial charge in [0.15, 0.2) is 11.6 Å². The molecule has 0 heterocycles. The molecule has 0 fully saturated rings. The van der Waals surface area contributed by atoms with E-state index in [1.54, 1.807) is 0 Å². The van der Waals surface area contributed by atoms with Crippen LogP contribution in [0.4, 0.5) is 14.5 Å². The van der Waals surface area contributed by atoms with Crippen molar-refractivity contribution >= 4 is 21.6 Å². The summed E-state index contributed by atoms with van der Waals surface area (Å²) >= 11 is 3.17. The number of non-ortho nitro benzene ring substituents is 1. The molecule has 0 aliphatic heterocycles. The third-order valence-electron chi connectivity index (χ3n) is 2.53. The van der Waals surface area contributed by atoms with Gasteiger partial charge in [0.2, 0.25) is 5.82 Å². The summed E-state index contributed by atoms with van der Waals surface area (Å²) in [5, 5.41) is 11.0. The van der Waals surface area contributed by atoms with Gasteiger partial charge in [-0.3, -0.25) is 10.1 Å². The SMILES string of the molecule is O=[N+]([O-])c1ccc(Oc2cccc(F)c2F)c(CBr)c1. The van der Waals surface area contributed by atoms with E-state index in [9.17, 15) is 18.9 Å². The van der Waals surface area contributed by atoms with Crippen molar-refractivity contribution in [3.05, 3.63) is 63.7 Å². The molecule has 2 aromatic rings. The minimum absolute atomic E-state index is 0.105. The summed E-state index contributed by atoms with van der Waals surface area (Å²) in [6, 6.07) is 7.45. The van der Waals surface area contributed by atoms with Gasteiger partial charge in [0.1, 0.15) is 5.75 Å². The number of nitro groups is 1. The maximum Gasteiger partial charge on any atom is 0.270 e. The zero-order valence-corrected chi connectivity index (χ0v) is 11.6. The predicted octanol–water partition coefficient (Wildman–Crippen LogP) is 4.56. The summed E-state index contributed by atoms with van der Waals surface area (Å²) in [7, 11) is 0. The van der Waals surface area contributed by atoms with E-state index in [-0.39, 0.29) is 22.5 Å². The molecular weight excluding hydrogens is 336 g/mol. The molecule has 0 aliphatic carbocycles. The van der Waals surface area contributed by atoms with Crippen LogP contribution in [0.1, 0.15) is 5.56 Å². The zero-order valence-electron chi connectivity index (χ0n) is 9.98. The number of ether oxygens (including phenoxy) is 1. The molecule has 7 heteroatoms. The first-order chi connectivity index (χ1) is 9.52. The minimum Gasteiger partial charge on any atom is -0.454 e. The molecule has 0 aliphatic rings. The maximum atomic E-state index is 13.5. The van der Waals surface area contributed by atoms with Gasteiger partial charge in [-0.1, -0.05) is 22.0 Å². The van der Waals surface area contributed by atoms with Crippen molar-refractivity contribution < 1.29 is 18.4 Å². The Morgan fingerprint density at radius 2 is 1.95 bits per heavy atom. The molecule has 0 spiro atoms. The standard InChI is InChI=1S/C13H8BrF2NO3/c14-7-8-6-9(17(18)19)4-5-11(8)20-12-3-1-2-10(15)13(12)16/h1-6H,7H2. The molecule has 0 aromatic heterocycles. The van der Waals surface area contributed by atoms with Gasteiger partial charge in [-0.25, -0.2) is 4.39 Å². The molecule has 0 N–H and O–H groups in total. The van der Waals surface area contributed by atoms with Gasteiger partial charge >= 0.3 is 0 Å². The van der Waals surface area contributed by atoms with E-state index in [1.807, 2.05) is 0 Å². The second-order valence-corrected chi connectivity index (χ2v) is 4.40. The van der Waals surface area contributed by atoms with Crippen LogP contribution in [0.2, 0.25) is 0 Å². The quantitative estimate of drug-likeness (QED) is 0.464. The topological polar surface area (TPSA) is 52.4 Å². The van der Waals surface area contributed by atoms with Crippen LogP contribution in [0.3, 0.4) is 0 Å². The van der Waals surface area contributed by atoms with Crippen LogP contribution < -0.4 is 4.74 Å². The van der Waals surface area contributed by atoms with Crippen molar-refractivity contribution in [2.75, 3.05) is 0 Å². The van der Waals surface area contributed by atoms with E-state index in [4.69, 9.17) is 4.74 Å². The average molecular weight is 344 g/mol. The lowest BCUT2D eigenvalue weighted by molar-refractivity contribution is -0.384. The summed E-state index contributed by atoms with van der Waals surface area (Å²) in [4.78, 5) is 10.1. The molecule has 0 radical (unpaired) electrons. The Morgan fingerprint density at radius 1 is 1.20 bits per heavy atom. The molecule has 0 bridgehead atoms. The summed E-state index contributed by atoms with van der Waals surface area (Å²) in [6.07, 6.45) is 0. The van der Waals surface area contributed by atoms with Crippen molar-refractivity contribution in [2.24, 2.45) is 0 Å². The molecule has 20 heavy (non-hydrogen) atoms. The first kappa shape index (κ1) is 14.4. The third kappa shape index (κ3) is 2.93. The van der Waals surface area contributed by atoms with Gasteiger partial charge < -0.3 is 4.74 Å². The van der Waals surface area contributed by atoms with Gasteiger partial charge in [0.25, 0.3) is 5.69 Å². The van der Waals surface area contributed by atoms with E-state index in [0.717, 1.165) is 6.07 Å². The van der Waals surface area contributed by atoms with Crippen molar-refractivity contribution in [2.45, 2.75) is 5.33 Å². The Kier molecular flexibility index (Phi) is 4.29. The monoisotopic (exact) mass is 343 g/mol. The number of alkyl halides is 1. The van der Waals surface area contributed by atoms with Gasteiger partial charge in [-0.15, -0.1) is 0 Å². The molecule has 0 atom stereocenters. The Labute approximate surface area is 121 Å². The lowest BCUT2D eigenvalue weighted by Crippen LogP contribution is -1.96. The molecule has 0 saturated carbocycles. The first-order valence-electron chi connectivity index (χ1n) is 5.48. The summed E-state index contributed by atoms with van der Waals surface area (Å²) in [5.74, 6) is -2.19. The molecule has 2 rings (SSSR count). The third-order valence-corrected chi connectivity index (χ3v) is 3.14. The van der Waals surface area contributed by atoms with E-state index in [0.29, 0.717) is 5.56 Å². The van der Waals surface area contributed by atoms with Crippen LogP contribution in [-0.2, 0) is 5.33 Å². The van der Waals surface area contributed by atoms with Gasteiger partial charge in [0.05, 0.1) is 4.92 Å². The lowest BCUT2D eigenvalue weighted by Gasteiger charge is -2.10. The minimum atomic E-state index is -1.11. The van der Waals surface area contributed by atoms with Crippen LogP contribution in [0.5, 0.6) is 11.5 Å². The largest absolute Gasteiger partial charge is 0.454 e. The number of benzene rings is 2. The number of rotatable bonds is 4. The predicted molar refractivity (Wildman–Crippen MR) is 72.2 cm³/mol. The van der Waals surface area contributed by atoms with Crippen LogP contribution in [-0.4, -0.2) is 4.92 Å². The van der Waals surface area contributed by atoms with Crippen molar-refractivity contribution in [3.8, 4) is 11.5 Å². The van der Waals surface area contributed by atoms with E-state index in [2.05, 4.69) is 15.9 Å². The van der Waals surface area contributed by atoms with Crippen LogP contribution in [0.15, 0.2) is 36.4 Å². The highest BCUT2D eigenvalue weighted by Crippen LogP contribution is 2.31. The number of hydrogen-bond acceptors (Lipinski definition) is 3. The zero-order chi connectivity index (χ0) is 14.7. The fourth-order valence-electron chi connectivity index (χ4n) is 1.56. The lowest BCUT2D eigenvalue weighted by atomic mass is 10.2. The van der Waals surface area contributed by atoms with E-state index < -0.39 is 16.6 Å². The highest BCUT2D eigenvalue weighted by atomic mass is 79.9. The van der Waals surface area contributed by atoms with E-state index >= 15 is 0 Å². The molecule has 0 amide bonds. The van der Waals surface area contributed by atoms with Crippen LogP contribution >= 0.6 is 15.9 Å². The first-order valence-corrected chi connectivity index (χ1v) is 6.60. The summed E-state index contributed by atoms with van der Waals surface area (Å²) < 4.78 is 31.9. The molecule has 0 unspecified atom stereocenters. The number of nitrogens with zero attached hydrogens (tertiary/aromatic N) is 1. The summed E-state index contributed by atoms with van der Waals surface area (Å²) in [6.45, 7) is 0. The van der Waals surface area contributed by atoms with Crippen molar-refractivity contribution in [3.63, 3.8) is 0 Å². The summed E-state index contributed by atoms with van der Waals surface area (Å²) in [5.41, 5.74) is 0.356. The highest BCUT2D eigenvalue weighted by molar-refractivity contribution is 9.08. The number of nitro benzene ring substituents is 1. The van der Waals surface area contributed by atoms with Crippen LogP contribution in [0.25, 0.3) is 0 Å². The maximum absolute atomic E-state index is 13.5. The molecule has 2 aromatic carbocycles. The second kappa shape index (κ2) is 5.96. The van der Waals surface area contributed by atoms with Gasteiger partial charge in [-0.05, 0) is 18.2 Å². The fraction of sp³-hybridized carbons (Fsp3) is 0.0769. The fourth-order valence-corrected chi connectivity index (χ4v) is 2.00. The molecule has 4 nitrogen and oxygen atoms in total. The van der Waals surface area contributed by atoms with Crippen LogP contribution in [0, 0.1) is 21.7 Å². The Morgan fingerprint density at radius 3 is 2.60 bits per heavy atom. The van der Waals surface area contributed by atoms with Gasteiger partial charge in [-0.2, -0.15) is 4.39 Å². The molecular formula is C13H8BrF2NO3. The number of halogens is 3. The highest BCUT2D eigenvalue weighted by Gasteiger charge is 2.14.